The van der Waals surface area contributed by atoms with Gasteiger partial charge in [-0.15, -0.1) is 0 Å². The molecule has 1 aliphatic heterocycles. The zero-order valence-corrected chi connectivity index (χ0v) is 10.3. The van der Waals surface area contributed by atoms with Crippen LogP contribution in [0.3, 0.4) is 0 Å². The second-order valence-electron chi connectivity index (χ2n) is 4.64. The average Bonchev–Trinajstić information content (AvgIpc) is 3.12. The molecule has 100 valence electrons. The Morgan fingerprint density at radius 2 is 2.16 bits per heavy atom. The van der Waals surface area contributed by atoms with Crippen molar-refractivity contribution >= 4 is 5.97 Å². The van der Waals surface area contributed by atoms with E-state index in [1.807, 2.05) is 0 Å². The first-order valence-electron chi connectivity index (χ1n) is 6.18. The average molecular weight is 262 g/mol. The van der Waals surface area contributed by atoms with Crippen LogP contribution >= 0.6 is 0 Å². The van der Waals surface area contributed by atoms with E-state index < -0.39 is 5.97 Å². The van der Waals surface area contributed by atoms with E-state index in [4.69, 9.17) is 19.3 Å². The fourth-order valence-corrected chi connectivity index (χ4v) is 2.02. The molecule has 0 atom stereocenters. The van der Waals surface area contributed by atoms with Crippen LogP contribution in [0.5, 0.6) is 17.2 Å². The van der Waals surface area contributed by atoms with Crippen molar-refractivity contribution in [3.05, 3.63) is 29.8 Å². The van der Waals surface area contributed by atoms with Crippen LogP contribution < -0.4 is 14.2 Å². The van der Waals surface area contributed by atoms with Gasteiger partial charge in [0.1, 0.15) is 12.4 Å². The van der Waals surface area contributed by atoms with Gasteiger partial charge in [0.05, 0.1) is 0 Å². The molecule has 1 aliphatic carbocycles. The number of fused-ring (bicyclic) bond motifs is 1. The molecule has 0 saturated heterocycles. The van der Waals surface area contributed by atoms with Crippen LogP contribution in [-0.2, 0) is 4.79 Å². The molecule has 0 unspecified atom stereocenters. The van der Waals surface area contributed by atoms with Gasteiger partial charge in [-0.25, -0.2) is 4.79 Å². The smallest absolute Gasteiger partial charge is 0.328 e. The molecule has 19 heavy (non-hydrogen) atoms. The largest absolute Gasteiger partial charge is 0.489 e. The second kappa shape index (κ2) is 4.84. The summed E-state index contributed by atoms with van der Waals surface area (Å²) in [7, 11) is 0. The number of carboxylic acids is 1. The minimum absolute atomic E-state index is 0.227. The van der Waals surface area contributed by atoms with E-state index in [2.05, 4.69) is 0 Å². The lowest BCUT2D eigenvalue weighted by molar-refractivity contribution is -0.131. The first-order chi connectivity index (χ1) is 9.22. The molecular formula is C14H14O5. The van der Waals surface area contributed by atoms with Gasteiger partial charge in [0.25, 0.3) is 0 Å². The standard InChI is InChI=1S/C14H14O5/c15-14(16)5-10(9-1-2-9)7-17-11-3-4-12-13(6-11)19-8-18-12/h3-6,9H,1-2,7-8H2,(H,15,16)/b10-5-. The zero-order chi connectivity index (χ0) is 13.2. The summed E-state index contributed by atoms with van der Waals surface area (Å²) in [6, 6.07) is 5.34. The molecule has 1 heterocycles. The second-order valence-corrected chi connectivity index (χ2v) is 4.64. The Bertz CT molecular complexity index is 531. The summed E-state index contributed by atoms with van der Waals surface area (Å²) in [6.45, 7) is 0.529. The predicted molar refractivity (Wildman–Crippen MR) is 66.5 cm³/mol. The van der Waals surface area contributed by atoms with Crippen LogP contribution in [-0.4, -0.2) is 24.5 Å². The number of ether oxygens (including phenoxy) is 3. The summed E-state index contributed by atoms with van der Waals surface area (Å²) in [6.07, 6.45) is 3.35. The van der Waals surface area contributed by atoms with Crippen molar-refractivity contribution in [2.75, 3.05) is 13.4 Å². The normalized spacial score (nSPS) is 17.4. The van der Waals surface area contributed by atoms with Gasteiger partial charge >= 0.3 is 5.97 Å². The Morgan fingerprint density at radius 1 is 1.37 bits per heavy atom. The molecular weight excluding hydrogens is 248 g/mol. The van der Waals surface area contributed by atoms with Crippen LogP contribution in [0.4, 0.5) is 0 Å². The van der Waals surface area contributed by atoms with Gasteiger partial charge in [-0.1, -0.05) is 0 Å². The lowest BCUT2D eigenvalue weighted by Gasteiger charge is -2.09. The molecule has 2 aliphatic rings. The topological polar surface area (TPSA) is 65.0 Å². The van der Waals surface area contributed by atoms with E-state index in [9.17, 15) is 4.79 Å². The first kappa shape index (κ1) is 11.9. The van der Waals surface area contributed by atoms with Gasteiger partial charge < -0.3 is 19.3 Å². The molecule has 0 radical (unpaired) electrons. The van der Waals surface area contributed by atoms with Crippen LogP contribution in [0.15, 0.2) is 29.8 Å². The van der Waals surface area contributed by atoms with Crippen molar-refractivity contribution in [2.45, 2.75) is 12.8 Å². The quantitative estimate of drug-likeness (QED) is 0.824. The Labute approximate surface area is 110 Å². The molecule has 1 saturated carbocycles. The monoisotopic (exact) mass is 262 g/mol. The Kier molecular flexibility index (Phi) is 3.03. The third-order valence-corrected chi connectivity index (χ3v) is 3.16. The number of benzene rings is 1. The van der Waals surface area contributed by atoms with Crippen molar-refractivity contribution in [3.8, 4) is 17.2 Å². The van der Waals surface area contributed by atoms with Gasteiger partial charge in [0.15, 0.2) is 11.5 Å². The van der Waals surface area contributed by atoms with Crippen molar-refractivity contribution in [3.63, 3.8) is 0 Å². The van der Waals surface area contributed by atoms with Crippen LogP contribution in [0.25, 0.3) is 0 Å². The van der Waals surface area contributed by atoms with Gasteiger partial charge in [-0.05, 0) is 36.5 Å². The third kappa shape index (κ3) is 2.81. The molecule has 1 N–H and O–H groups in total. The highest BCUT2D eigenvalue weighted by Crippen LogP contribution is 2.38. The number of aliphatic carboxylic acids is 1. The number of hydrogen-bond donors (Lipinski definition) is 1. The SMILES string of the molecule is O=C(O)/C=C(/COc1ccc2c(c1)OCO2)C1CC1. The highest BCUT2D eigenvalue weighted by atomic mass is 16.7. The van der Waals surface area contributed by atoms with Crippen molar-refractivity contribution < 1.29 is 24.1 Å². The van der Waals surface area contributed by atoms with Crippen LogP contribution in [0, 0.1) is 5.92 Å². The summed E-state index contributed by atoms with van der Waals surface area (Å²) < 4.78 is 16.1. The Balaban J connectivity index is 1.66. The maximum atomic E-state index is 10.7. The van der Waals surface area contributed by atoms with Gasteiger partial charge in [-0.3, -0.25) is 0 Å². The lowest BCUT2D eigenvalue weighted by atomic mass is 10.1. The molecule has 5 nitrogen and oxygen atoms in total. The zero-order valence-electron chi connectivity index (χ0n) is 10.3. The molecule has 0 amide bonds. The fraction of sp³-hybridized carbons (Fsp3) is 0.357. The minimum atomic E-state index is -0.920. The van der Waals surface area contributed by atoms with E-state index in [1.54, 1.807) is 18.2 Å². The molecule has 1 aromatic carbocycles. The lowest BCUT2D eigenvalue weighted by Crippen LogP contribution is -2.05. The number of hydrogen-bond acceptors (Lipinski definition) is 4. The van der Waals surface area contributed by atoms with Gasteiger partial charge in [0, 0.05) is 12.1 Å². The van der Waals surface area contributed by atoms with Crippen LogP contribution in [0.1, 0.15) is 12.8 Å². The number of carboxylic acid groups (broad SMARTS) is 1. The molecule has 5 heteroatoms. The summed E-state index contributed by atoms with van der Waals surface area (Å²) in [5, 5.41) is 8.82. The Morgan fingerprint density at radius 3 is 2.89 bits per heavy atom. The molecule has 0 aromatic heterocycles. The molecule has 1 fully saturated rings. The highest BCUT2D eigenvalue weighted by Gasteiger charge is 2.27. The van der Waals surface area contributed by atoms with Gasteiger partial charge in [0.2, 0.25) is 6.79 Å². The van der Waals surface area contributed by atoms with E-state index in [1.165, 1.54) is 6.08 Å². The summed E-state index contributed by atoms with van der Waals surface area (Å²) in [5.41, 5.74) is 0.838. The first-order valence-corrected chi connectivity index (χ1v) is 6.18. The Hall–Kier alpha value is -2.17. The third-order valence-electron chi connectivity index (χ3n) is 3.16. The van der Waals surface area contributed by atoms with Gasteiger partial charge in [-0.2, -0.15) is 0 Å². The number of rotatable bonds is 5. The van der Waals surface area contributed by atoms with Crippen molar-refractivity contribution in [2.24, 2.45) is 5.92 Å². The summed E-state index contributed by atoms with van der Waals surface area (Å²) in [5.74, 6) is 1.46. The van der Waals surface area contributed by atoms with Crippen LogP contribution in [0.2, 0.25) is 0 Å². The summed E-state index contributed by atoms with van der Waals surface area (Å²) in [4.78, 5) is 10.7. The predicted octanol–water partition coefficient (Wildman–Crippen LogP) is 2.22. The van der Waals surface area contributed by atoms with Crippen molar-refractivity contribution in [1.29, 1.82) is 0 Å². The van der Waals surface area contributed by atoms with E-state index in [0.29, 0.717) is 29.8 Å². The van der Waals surface area contributed by atoms with E-state index in [0.717, 1.165) is 18.4 Å². The molecule has 0 bridgehead atoms. The number of carbonyl (C=O) groups is 1. The maximum absolute atomic E-state index is 10.7. The summed E-state index contributed by atoms with van der Waals surface area (Å²) >= 11 is 0. The van der Waals surface area contributed by atoms with E-state index >= 15 is 0 Å². The molecule has 3 rings (SSSR count). The maximum Gasteiger partial charge on any atom is 0.328 e. The minimum Gasteiger partial charge on any atom is -0.489 e. The fourth-order valence-electron chi connectivity index (χ4n) is 2.02. The molecule has 1 aromatic rings. The van der Waals surface area contributed by atoms with Crippen molar-refractivity contribution in [1.82, 2.24) is 0 Å². The highest BCUT2D eigenvalue weighted by molar-refractivity contribution is 5.81. The molecule has 0 spiro atoms. The van der Waals surface area contributed by atoms with E-state index in [-0.39, 0.29) is 6.79 Å².